The Morgan fingerprint density at radius 3 is 2.69 bits per heavy atom. The molecule has 36 heavy (non-hydrogen) atoms. The summed E-state index contributed by atoms with van der Waals surface area (Å²) >= 11 is 0. The molecule has 1 amide bonds. The molecule has 0 bridgehead atoms. The van der Waals surface area contributed by atoms with Crippen molar-refractivity contribution >= 4 is 27.9 Å². The number of aryl methyl sites for hydroxylation is 2. The highest BCUT2D eigenvalue weighted by molar-refractivity contribution is 7.85. The number of ether oxygens (including phenoxy) is 1. The Labute approximate surface area is 212 Å². The van der Waals surface area contributed by atoms with Gasteiger partial charge in [0.25, 0.3) is 16.0 Å². The second kappa shape index (κ2) is 11.1. The standard InChI is InChI=1S/C25H30N4O2.CH4O3S/c1-29-11-5-4-7-18(29)15-31-22-13-20(24-19(9-10-27-24)23(22)25(26)30)17-12-16-6-2-3-8-21(16)28-14-17;1-5(2,3)4/h10,12-14,18H,2-9,11,15H2,1H3,(H2,26,30);1H3,(H,2,3,4). The summed E-state index contributed by atoms with van der Waals surface area (Å²) in [7, 11) is -1.52. The van der Waals surface area contributed by atoms with Crippen molar-refractivity contribution in [3.8, 4) is 16.9 Å². The van der Waals surface area contributed by atoms with Crippen molar-refractivity contribution in [3.63, 3.8) is 0 Å². The Bertz CT molecular complexity index is 1270. The highest BCUT2D eigenvalue weighted by Crippen LogP contribution is 2.43. The predicted octanol–water partition coefficient (Wildman–Crippen LogP) is 3.35. The number of primary amides is 1. The minimum atomic E-state index is -3.67. The lowest BCUT2D eigenvalue weighted by Crippen LogP contribution is -2.40. The van der Waals surface area contributed by atoms with E-state index in [1.54, 1.807) is 0 Å². The Morgan fingerprint density at radius 1 is 1.22 bits per heavy atom. The van der Waals surface area contributed by atoms with Gasteiger partial charge in [0, 0.05) is 47.3 Å². The molecule has 1 aliphatic carbocycles. The summed E-state index contributed by atoms with van der Waals surface area (Å²) in [5.74, 6) is 0.118. The van der Waals surface area contributed by atoms with Gasteiger partial charge in [-0.05, 0) is 69.8 Å². The maximum Gasteiger partial charge on any atom is 0.261 e. The monoisotopic (exact) mass is 514 g/mol. The largest absolute Gasteiger partial charge is 0.491 e. The summed E-state index contributed by atoms with van der Waals surface area (Å²) in [6.07, 6.45) is 13.2. The van der Waals surface area contributed by atoms with E-state index in [1.165, 1.54) is 36.9 Å². The number of likely N-dealkylation sites (N-methyl/N-ethyl adjacent to an activating group) is 1. The average molecular weight is 515 g/mol. The van der Waals surface area contributed by atoms with Crippen LogP contribution in [0.4, 0.5) is 5.69 Å². The minimum absolute atomic E-state index is 0.354. The molecule has 1 saturated heterocycles. The molecule has 1 fully saturated rings. The molecule has 10 heteroatoms. The fourth-order valence-electron chi connectivity index (χ4n) is 5.16. The summed E-state index contributed by atoms with van der Waals surface area (Å²) in [5, 5.41) is 0. The molecular weight excluding hydrogens is 480 g/mol. The lowest BCUT2D eigenvalue weighted by molar-refractivity contribution is 0.0986. The number of carbonyl (C=O) groups excluding carboxylic acids is 1. The van der Waals surface area contributed by atoms with E-state index in [2.05, 4.69) is 23.0 Å². The van der Waals surface area contributed by atoms with Gasteiger partial charge in [0.1, 0.15) is 12.4 Å². The maximum absolute atomic E-state index is 12.4. The zero-order valence-electron chi connectivity index (χ0n) is 20.9. The number of nitrogens with zero attached hydrogens (tertiary/aromatic N) is 3. The van der Waals surface area contributed by atoms with Crippen LogP contribution < -0.4 is 10.5 Å². The number of benzene rings is 1. The number of rotatable bonds is 5. The first-order chi connectivity index (χ1) is 17.1. The predicted molar refractivity (Wildman–Crippen MR) is 140 cm³/mol. The van der Waals surface area contributed by atoms with Crippen LogP contribution in [0.5, 0.6) is 5.75 Å². The minimum Gasteiger partial charge on any atom is -0.491 e. The van der Waals surface area contributed by atoms with Crippen LogP contribution in [0.3, 0.4) is 0 Å². The number of likely N-dealkylation sites (tertiary alicyclic amines) is 1. The first-order valence-electron chi connectivity index (χ1n) is 12.4. The number of pyridine rings is 1. The summed E-state index contributed by atoms with van der Waals surface area (Å²) in [6.45, 7) is 1.64. The molecule has 3 heterocycles. The molecule has 5 rings (SSSR count). The lowest BCUT2D eigenvalue weighted by atomic mass is 9.91. The summed E-state index contributed by atoms with van der Waals surface area (Å²) in [5.41, 5.74) is 12.5. The van der Waals surface area contributed by atoms with Crippen molar-refractivity contribution in [1.29, 1.82) is 0 Å². The lowest BCUT2D eigenvalue weighted by Gasteiger charge is -2.32. The van der Waals surface area contributed by atoms with Crippen LogP contribution >= 0.6 is 0 Å². The van der Waals surface area contributed by atoms with Crippen molar-refractivity contribution < 1.29 is 22.5 Å². The summed E-state index contributed by atoms with van der Waals surface area (Å²) in [4.78, 5) is 24.1. The van der Waals surface area contributed by atoms with Gasteiger partial charge in [0.05, 0.1) is 17.5 Å². The van der Waals surface area contributed by atoms with Crippen molar-refractivity contribution in [2.75, 3.05) is 26.5 Å². The number of fused-ring (bicyclic) bond motifs is 2. The SMILES string of the molecule is CN1CCCCC1COc1cc(-c2cnc3c(c2)CCCC3)c2c(c1C(N)=O)CC=N2.CS(=O)(=O)O. The van der Waals surface area contributed by atoms with Crippen LogP contribution in [-0.2, 0) is 29.4 Å². The highest BCUT2D eigenvalue weighted by atomic mass is 32.2. The van der Waals surface area contributed by atoms with Crippen LogP contribution in [-0.4, -0.2) is 67.5 Å². The van der Waals surface area contributed by atoms with Crippen molar-refractivity contribution in [1.82, 2.24) is 9.88 Å². The van der Waals surface area contributed by atoms with E-state index in [0.717, 1.165) is 48.2 Å². The Kier molecular flexibility index (Phi) is 8.07. The van der Waals surface area contributed by atoms with Crippen LogP contribution in [0.2, 0.25) is 0 Å². The number of piperidine rings is 1. The molecule has 194 valence electrons. The normalized spacial score (nSPS) is 19.1. The van der Waals surface area contributed by atoms with E-state index >= 15 is 0 Å². The van der Waals surface area contributed by atoms with E-state index < -0.39 is 16.0 Å². The number of aromatic nitrogens is 1. The Balaban J connectivity index is 0.000000556. The number of hydrogen-bond acceptors (Lipinski definition) is 7. The number of aliphatic imine (C=N–C) groups is 1. The molecule has 1 unspecified atom stereocenters. The zero-order chi connectivity index (χ0) is 25.9. The number of amides is 1. The highest BCUT2D eigenvalue weighted by Gasteiger charge is 2.27. The Morgan fingerprint density at radius 2 is 1.97 bits per heavy atom. The van der Waals surface area contributed by atoms with Gasteiger partial charge in [-0.15, -0.1) is 0 Å². The second-order valence-corrected chi connectivity index (χ2v) is 11.2. The Hall–Kier alpha value is -2.82. The third-order valence-electron chi connectivity index (χ3n) is 6.96. The molecule has 2 aliphatic heterocycles. The molecule has 0 radical (unpaired) electrons. The summed E-state index contributed by atoms with van der Waals surface area (Å²) < 4.78 is 32.2. The van der Waals surface area contributed by atoms with E-state index in [4.69, 9.17) is 20.0 Å². The van der Waals surface area contributed by atoms with Crippen LogP contribution in [0.25, 0.3) is 11.1 Å². The van der Waals surface area contributed by atoms with Crippen LogP contribution in [0.1, 0.15) is 59.3 Å². The van der Waals surface area contributed by atoms with Crippen LogP contribution in [0, 0.1) is 0 Å². The molecule has 9 nitrogen and oxygen atoms in total. The first kappa shape index (κ1) is 26.2. The fourth-order valence-corrected chi connectivity index (χ4v) is 5.16. The molecule has 0 saturated carbocycles. The van der Waals surface area contributed by atoms with Crippen molar-refractivity contribution in [2.45, 2.75) is 57.4 Å². The van der Waals surface area contributed by atoms with E-state index in [1.807, 2.05) is 18.5 Å². The molecule has 1 atom stereocenters. The number of hydrogen-bond donors (Lipinski definition) is 2. The van der Waals surface area contributed by atoms with Gasteiger partial charge >= 0.3 is 0 Å². The third kappa shape index (κ3) is 6.29. The quantitative estimate of drug-likeness (QED) is 0.584. The van der Waals surface area contributed by atoms with Crippen molar-refractivity contribution in [3.05, 3.63) is 40.7 Å². The fraction of sp³-hybridized carbons (Fsp3) is 0.500. The maximum atomic E-state index is 12.4. The third-order valence-corrected chi connectivity index (χ3v) is 6.96. The smallest absolute Gasteiger partial charge is 0.261 e. The topological polar surface area (TPSA) is 135 Å². The molecule has 1 aromatic carbocycles. The van der Waals surface area contributed by atoms with Gasteiger partial charge in [0.2, 0.25) is 0 Å². The first-order valence-corrected chi connectivity index (χ1v) is 14.2. The van der Waals surface area contributed by atoms with Gasteiger partial charge in [-0.3, -0.25) is 19.3 Å². The molecule has 2 aromatic rings. The zero-order valence-corrected chi connectivity index (χ0v) is 21.7. The van der Waals surface area contributed by atoms with Gasteiger partial charge < -0.3 is 15.4 Å². The second-order valence-electron chi connectivity index (χ2n) is 9.72. The van der Waals surface area contributed by atoms with Gasteiger partial charge in [-0.25, -0.2) is 0 Å². The summed E-state index contributed by atoms with van der Waals surface area (Å²) in [6, 6.07) is 4.55. The number of carbonyl (C=O) groups is 1. The van der Waals surface area contributed by atoms with E-state index in [0.29, 0.717) is 36.6 Å². The van der Waals surface area contributed by atoms with Gasteiger partial charge in [-0.1, -0.05) is 6.42 Å². The van der Waals surface area contributed by atoms with E-state index in [9.17, 15) is 13.2 Å². The molecule has 0 spiro atoms. The van der Waals surface area contributed by atoms with Crippen LogP contribution in [0.15, 0.2) is 23.3 Å². The molecule has 3 N–H and O–H groups in total. The molecule has 3 aliphatic rings. The van der Waals surface area contributed by atoms with Gasteiger partial charge in [-0.2, -0.15) is 8.42 Å². The van der Waals surface area contributed by atoms with Gasteiger partial charge in [0.15, 0.2) is 0 Å². The average Bonchev–Trinajstić information content (AvgIpc) is 3.31. The van der Waals surface area contributed by atoms with E-state index in [-0.39, 0.29) is 0 Å². The number of nitrogens with two attached hydrogens (primary N) is 1. The molecule has 1 aromatic heterocycles. The molecular formula is C26H34N4O5S. The van der Waals surface area contributed by atoms with Crippen molar-refractivity contribution in [2.24, 2.45) is 10.7 Å².